The molecule has 0 aliphatic carbocycles. The summed E-state index contributed by atoms with van der Waals surface area (Å²) in [5, 5.41) is 6.04. The Morgan fingerprint density at radius 1 is 1.04 bits per heavy atom. The maximum atomic E-state index is 12.0. The molecule has 1 heterocycles. The van der Waals surface area contributed by atoms with Crippen molar-refractivity contribution < 1.29 is 9.63 Å². The van der Waals surface area contributed by atoms with E-state index in [9.17, 15) is 4.79 Å². The van der Waals surface area contributed by atoms with E-state index in [0.29, 0.717) is 21.3 Å². The van der Waals surface area contributed by atoms with Crippen LogP contribution in [0.25, 0.3) is 10.6 Å². The van der Waals surface area contributed by atoms with Gasteiger partial charge >= 0.3 is 5.97 Å². The summed E-state index contributed by atoms with van der Waals surface area (Å²) in [6, 6.07) is 13.9. The Morgan fingerprint density at radius 3 is 2.23 bits per heavy atom. The van der Waals surface area contributed by atoms with E-state index in [1.165, 1.54) is 11.3 Å². The molecule has 1 aromatic heterocycles. The van der Waals surface area contributed by atoms with Crippen molar-refractivity contribution >= 4 is 46.2 Å². The summed E-state index contributed by atoms with van der Waals surface area (Å²) in [4.78, 5) is 22.5. The number of aryl methyl sites for hydroxylation is 1. The molecule has 0 fully saturated rings. The van der Waals surface area contributed by atoms with E-state index in [1.54, 1.807) is 31.2 Å². The molecule has 0 saturated heterocycles. The lowest BCUT2D eigenvalue weighted by molar-refractivity contribution is 0.0516. The van der Waals surface area contributed by atoms with Crippen molar-refractivity contribution in [2.75, 3.05) is 0 Å². The minimum Gasteiger partial charge on any atom is -0.313 e. The van der Waals surface area contributed by atoms with E-state index in [0.717, 1.165) is 21.1 Å². The van der Waals surface area contributed by atoms with Crippen LogP contribution in [-0.2, 0) is 4.84 Å². The maximum absolute atomic E-state index is 12.0. The summed E-state index contributed by atoms with van der Waals surface area (Å²) in [5.74, 6) is -0.541. The lowest BCUT2D eigenvalue weighted by Gasteiger charge is -2.00. The van der Waals surface area contributed by atoms with Crippen molar-refractivity contribution in [1.29, 1.82) is 0 Å². The molecule has 132 valence electrons. The third kappa shape index (κ3) is 4.30. The minimum absolute atomic E-state index is 0.383. The topological polar surface area (TPSA) is 51.5 Å². The second kappa shape index (κ2) is 7.99. The van der Waals surface area contributed by atoms with Gasteiger partial charge in [0.05, 0.1) is 21.8 Å². The number of nitrogens with zero attached hydrogens (tertiary/aromatic N) is 2. The number of carbonyl (C=O) groups excluding carboxylic acids is 1. The van der Waals surface area contributed by atoms with Crippen LogP contribution in [0.5, 0.6) is 0 Å². The van der Waals surface area contributed by atoms with Gasteiger partial charge in [0.15, 0.2) is 0 Å². The standard InChI is InChI=1S/C19H14Cl2N2O2S/c1-11-17(26-18(22-11)13-3-7-15(20)8-4-13)12(2)23-25-19(24)14-5-9-16(21)10-6-14/h3-10H,1-2H3. The number of benzene rings is 2. The molecule has 3 aromatic rings. The Bertz CT molecular complexity index is 964. The van der Waals surface area contributed by atoms with Gasteiger partial charge in [-0.1, -0.05) is 40.5 Å². The van der Waals surface area contributed by atoms with Crippen molar-refractivity contribution in [2.45, 2.75) is 13.8 Å². The average molecular weight is 405 g/mol. The first-order valence-corrected chi connectivity index (χ1v) is 9.26. The van der Waals surface area contributed by atoms with Gasteiger partial charge in [-0.25, -0.2) is 9.78 Å². The molecular formula is C19H14Cl2N2O2S. The molecule has 0 aliphatic rings. The van der Waals surface area contributed by atoms with E-state index in [1.807, 2.05) is 31.2 Å². The average Bonchev–Trinajstić information content (AvgIpc) is 3.02. The van der Waals surface area contributed by atoms with Crippen molar-refractivity contribution in [2.24, 2.45) is 5.16 Å². The summed E-state index contributed by atoms with van der Waals surface area (Å²) >= 11 is 13.2. The van der Waals surface area contributed by atoms with Crippen LogP contribution >= 0.6 is 34.5 Å². The first-order chi connectivity index (χ1) is 12.4. The van der Waals surface area contributed by atoms with Gasteiger partial charge in [-0.15, -0.1) is 11.3 Å². The van der Waals surface area contributed by atoms with E-state index in [2.05, 4.69) is 10.1 Å². The van der Waals surface area contributed by atoms with E-state index in [-0.39, 0.29) is 0 Å². The SMILES string of the molecule is CC(=NOC(=O)c1ccc(Cl)cc1)c1sc(-c2ccc(Cl)cc2)nc1C. The van der Waals surface area contributed by atoms with E-state index < -0.39 is 5.97 Å². The van der Waals surface area contributed by atoms with Crippen LogP contribution in [0, 0.1) is 6.92 Å². The quantitative estimate of drug-likeness (QED) is 0.304. The Balaban J connectivity index is 1.77. The van der Waals surface area contributed by atoms with Gasteiger partial charge in [-0.3, -0.25) is 0 Å². The van der Waals surface area contributed by atoms with Crippen LogP contribution in [0.2, 0.25) is 10.0 Å². The minimum atomic E-state index is -0.541. The fraction of sp³-hybridized carbons (Fsp3) is 0.105. The molecule has 0 atom stereocenters. The highest BCUT2D eigenvalue weighted by Crippen LogP contribution is 2.29. The monoisotopic (exact) mass is 404 g/mol. The molecule has 3 rings (SSSR count). The molecule has 0 N–H and O–H groups in total. The maximum Gasteiger partial charge on any atom is 0.365 e. The molecule has 26 heavy (non-hydrogen) atoms. The highest BCUT2D eigenvalue weighted by atomic mass is 35.5. The molecule has 0 radical (unpaired) electrons. The van der Waals surface area contributed by atoms with Gasteiger partial charge in [-0.2, -0.15) is 0 Å². The second-order valence-electron chi connectivity index (χ2n) is 5.50. The summed E-state index contributed by atoms with van der Waals surface area (Å²) in [6.45, 7) is 3.67. The number of halogens is 2. The molecule has 0 unspecified atom stereocenters. The second-order valence-corrected chi connectivity index (χ2v) is 7.37. The number of rotatable bonds is 4. The highest BCUT2D eigenvalue weighted by Gasteiger charge is 2.13. The number of hydrogen-bond acceptors (Lipinski definition) is 5. The zero-order valence-electron chi connectivity index (χ0n) is 14.0. The van der Waals surface area contributed by atoms with Crippen molar-refractivity contribution in [1.82, 2.24) is 4.98 Å². The molecule has 0 saturated carbocycles. The van der Waals surface area contributed by atoms with Gasteiger partial charge in [0.2, 0.25) is 0 Å². The fourth-order valence-corrected chi connectivity index (χ4v) is 3.50. The van der Waals surface area contributed by atoms with Gasteiger partial charge in [0, 0.05) is 15.6 Å². The molecule has 0 bridgehead atoms. The Morgan fingerprint density at radius 2 is 1.62 bits per heavy atom. The number of thiazole rings is 1. The van der Waals surface area contributed by atoms with Crippen molar-refractivity contribution in [3.63, 3.8) is 0 Å². The molecule has 0 amide bonds. The molecule has 2 aromatic carbocycles. The summed E-state index contributed by atoms with van der Waals surface area (Å²) < 4.78 is 0. The number of hydrogen-bond donors (Lipinski definition) is 0. The number of aromatic nitrogens is 1. The Hall–Kier alpha value is -2.21. The van der Waals surface area contributed by atoms with Crippen LogP contribution in [0.3, 0.4) is 0 Å². The largest absolute Gasteiger partial charge is 0.365 e. The third-order valence-electron chi connectivity index (χ3n) is 3.56. The Labute approximate surface area is 165 Å². The fourth-order valence-electron chi connectivity index (χ4n) is 2.24. The Kier molecular flexibility index (Phi) is 5.71. The van der Waals surface area contributed by atoms with Gasteiger partial charge < -0.3 is 4.84 Å². The van der Waals surface area contributed by atoms with Gasteiger partial charge in [0.1, 0.15) is 5.01 Å². The van der Waals surface area contributed by atoms with Crippen molar-refractivity contribution in [3.05, 3.63) is 74.7 Å². The van der Waals surface area contributed by atoms with Crippen LogP contribution in [0.4, 0.5) is 0 Å². The number of carbonyl (C=O) groups is 1. The molecule has 7 heteroatoms. The van der Waals surface area contributed by atoms with Gasteiger partial charge in [-0.05, 0) is 50.2 Å². The predicted molar refractivity (Wildman–Crippen MR) is 106 cm³/mol. The molecular weight excluding hydrogens is 391 g/mol. The zero-order valence-corrected chi connectivity index (χ0v) is 16.3. The third-order valence-corrected chi connectivity index (χ3v) is 5.38. The van der Waals surface area contributed by atoms with Crippen molar-refractivity contribution in [3.8, 4) is 10.6 Å². The van der Waals surface area contributed by atoms with Crippen LogP contribution in [-0.4, -0.2) is 16.7 Å². The summed E-state index contributed by atoms with van der Waals surface area (Å²) in [6.07, 6.45) is 0. The highest BCUT2D eigenvalue weighted by molar-refractivity contribution is 7.17. The predicted octanol–water partition coefficient (Wildman–Crippen LogP) is 6.01. The zero-order chi connectivity index (χ0) is 18.7. The number of oxime groups is 1. The summed E-state index contributed by atoms with van der Waals surface area (Å²) in [7, 11) is 0. The van der Waals surface area contributed by atoms with Crippen LogP contribution in [0.15, 0.2) is 53.7 Å². The molecule has 0 spiro atoms. The van der Waals surface area contributed by atoms with E-state index in [4.69, 9.17) is 28.0 Å². The molecule has 4 nitrogen and oxygen atoms in total. The van der Waals surface area contributed by atoms with E-state index >= 15 is 0 Å². The first-order valence-electron chi connectivity index (χ1n) is 7.69. The van der Waals surface area contributed by atoms with Gasteiger partial charge in [0.25, 0.3) is 0 Å². The smallest absolute Gasteiger partial charge is 0.313 e. The first kappa shape index (κ1) is 18.6. The molecule has 0 aliphatic heterocycles. The normalized spacial score (nSPS) is 11.5. The lowest BCUT2D eigenvalue weighted by Crippen LogP contribution is -2.03. The lowest BCUT2D eigenvalue weighted by atomic mass is 10.2. The van der Waals surface area contributed by atoms with Crippen LogP contribution < -0.4 is 0 Å². The summed E-state index contributed by atoms with van der Waals surface area (Å²) in [5.41, 5.74) is 2.76. The van der Waals surface area contributed by atoms with Crippen LogP contribution in [0.1, 0.15) is 27.9 Å².